The summed E-state index contributed by atoms with van der Waals surface area (Å²) in [7, 11) is 0. The molecule has 0 unspecified atom stereocenters. The molecule has 0 amide bonds. The largest absolute Gasteiger partial charge is 0.380 e. The predicted octanol–water partition coefficient (Wildman–Crippen LogP) is 1.10. The molecule has 0 radical (unpaired) electrons. The highest BCUT2D eigenvalue weighted by molar-refractivity contribution is 9.10. The standard InChI is InChI=1S/C4H2BrF2N3/c5-1-2(6)10-4(8)3(7)9-1/h(H2,8,10). The third-order valence-electron chi connectivity index (χ3n) is 0.797. The summed E-state index contributed by atoms with van der Waals surface area (Å²) in [5, 5.41) is 0. The summed E-state index contributed by atoms with van der Waals surface area (Å²) in [4.78, 5) is 6.06. The third kappa shape index (κ3) is 1.21. The molecule has 1 rings (SSSR count). The first-order valence-corrected chi connectivity index (χ1v) is 3.04. The monoisotopic (exact) mass is 209 g/mol. The first-order chi connectivity index (χ1) is 4.61. The zero-order valence-electron chi connectivity index (χ0n) is 4.61. The summed E-state index contributed by atoms with van der Waals surface area (Å²) in [5.74, 6) is -2.44. The fraction of sp³-hybridized carbons (Fsp3) is 0. The predicted molar refractivity (Wildman–Crippen MR) is 34.1 cm³/mol. The Hall–Kier alpha value is -0.780. The molecular formula is C4H2BrF2N3. The molecule has 0 fully saturated rings. The molecule has 1 heterocycles. The van der Waals surface area contributed by atoms with E-state index in [0.717, 1.165) is 0 Å². The van der Waals surface area contributed by atoms with Crippen molar-refractivity contribution in [3.8, 4) is 0 Å². The van der Waals surface area contributed by atoms with E-state index in [1.54, 1.807) is 0 Å². The molecule has 0 aliphatic heterocycles. The number of anilines is 1. The van der Waals surface area contributed by atoms with Crippen LogP contribution in [0.25, 0.3) is 0 Å². The van der Waals surface area contributed by atoms with E-state index in [2.05, 4.69) is 25.9 Å². The Morgan fingerprint density at radius 1 is 1.20 bits per heavy atom. The van der Waals surface area contributed by atoms with E-state index < -0.39 is 17.7 Å². The lowest BCUT2D eigenvalue weighted by molar-refractivity contribution is 0.526. The third-order valence-corrected chi connectivity index (χ3v) is 1.30. The van der Waals surface area contributed by atoms with E-state index in [4.69, 9.17) is 5.73 Å². The molecule has 0 spiro atoms. The van der Waals surface area contributed by atoms with Crippen LogP contribution in [0.2, 0.25) is 0 Å². The van der Waals surface area contributed by atoms with E-state index in [1.807, 2.05) is 0 Å². The number of hydrogen-bond donors (Lipinski definition) is 1. The number of nitrogens with two attached hydrogens (primary N) is 1. The van der Waals surface area contributed by atoms with Crippen molar-refractivity contribution < 1.29 is 8.78 Å². The second-order valence-corrected chi connectivity index (χ2v) is 2.23. The molecule has 54 valence electrons. The number of aromatic nitrogens is 2. The molecule has 0 bridgehead atoms. The highest BCUT2D eigenvalue weighted by atomic mass is 79.9. The van der Waals surface area contributed by atoms with Crippen LogP contribution in [0.15, 0.2) is 4.60 Å². The molecule has 0 saturated carbocycles. The number of hydrogen-bond acceptors (Lipinski definition) is 3. The Kier molecular flexibility index (Phi) is 1.80. The first kappa shape index (κ1) is 7.33. The van der Waals surface area contributed by atoms with Gasteiger partial charge in [-0.2, -0.15) is 13.8 Å². The second kappa shape index (κ2) is 2.45. The fourth-order valence-corrected chi connectivity index (χ4v) is 0.632. The Morgan fingerprint density at radius 2 is 1.80 bits per heavy atom. The van der Waals surface area contributed by atoms with Crippen LogP contribution in [-0.4, -0.2) is 9.97 Å². The van der Waals surface area contributed by atoms with Gasteiger partial charge in [0.1, 0.15) is 0 Å². The van der Waals surface area contributed by atoms with Crippen molar-refractivity contribution >= 4 is 21.7 Å². The topological polar surface area (TPSA) is 51.8 Å². The average Bonchev–Trinajstić information content (AvgIpc) is 1.84. The molecule has 1 aromatic heterocycles. The molecule has 0 aliphatic carbocycles. The maximum atomic E-state index is 12.3. The van der Waals surface area contributed by atoms with E-state index in [1.165, 1.54) is 0 Å². The summed E-state index contributed by atoms with van der Waals surface area (Å²) in [6.45, 7) is 0. The normalized spacial score (nSPS) is 9.90. The van der Waals surface area contributed by atoms with Crippen LogP contribution in [0.1, 0.15) is 0 Å². The fourth-order valence-electron chi connectivity index (χ4n) is 0.388. The van der Waals surface area contributed by atoms with Crippen molar-refractivity contribution in [2.24, 2.45) is 0 Å². The number of nitrogen functional groups attached to an aromatic ring is 1. The minimum atomic E-state index is -0.978. The van der Waals surface area contributed by atoms with Gasteiger partial charge in [-0.25, -0.2) is 4.98 Å². The van der Waals surface area contributed by atoms with Crippen LogP contribution >= 0.6 is 15.9 Å². The maximum Gasteiger partial charge on any atom is 0.256 e. The van der Waals surface area contributed by atoms with E-state index in [0.29, 0.717) is 0 Å². The van der Waals surface area contributed by atoms with Gasteiger partial charge in [0.25, 0.3) is 5.95 Å². The summed E-state index contributed by atoms with van der Waals surface area (Å²) >= 11 is 2.64. The Balaban J connectivity index is 3.28. The minimum absolute atomic E-state index is 0.279. The van der Waals surface area contributed by atoms with E-state index in [-0.39, 0.29) is 4.60 Å². The van der Waals surface area contributed by atoms with E-state index in [9.17, 15) is 8.78 Å². The van der Waals surface area contributed by atoms with Crippen LogP contribution in [-0.2, 0) is 0 Å². The number of rotatable bonds is 0. The van der Waals surface area contributed by atoms with Crippen molar-refractivity contribution in [1.82, 2.24) is 9.97 Å². The van der Waals surface area contributed by atoms with Crippen molar-refractivity contribution in [3.63, 3.8) is 0 Å². The zero-order valence-corrected chi connectivity index (χ0v) is 6.19. The van der Waals surface area contributed by atoms with E-state index >= 15 is 0 Å². The van der Waals surface area contributed by atoms with Gasteiger partial charge in [-0.15, -0.1) is 0 Å². The smallest absolute Gasteiger partial charge is 0.256 e. The SMILES string of the molecule is Nc1nc(F)c(Br)nc1F. The summed E-state index contributed by atoms with van der Waals surface area (Å²) in [6, 6.07) is 0. The second-order valence-electron chi connectivity index (χ2n) is 1.48. The number of halogens is 3. The molecular weight excluding hydrogens is 208 g/mol. The van der Waals surface area contributed by atoms with Crippen LogP contribution < -0.4 is 5.73 Å². The molecule has 0 saturated heterocycles. The van der Waals surface area contributed by atoms with Crippen LogP contribution in [0, 0.1) is 11.9 Å². The van der Waals surface area contributed by atoms with Gasteiger partial charge < -0.3 is 5.73 Å². The molecule has 0 aliphatic rings. The number of nitrogens with zero attached hydrogens (tertiary/aromatic N) is 2. The molecule has 6 heteroatoms. The van der Waals surface area contributed by atoms with Gasteiger partial charge in [-0.05, 0) is 15.9 Å². The van der Waals surface area contributed by atoms with Crippen molar-refractivity contribution in [1.29, 1.82) is 0 Å². The van der Waals surface area contributed by atoms with Gasteiger partial charge in [-0.1, -0.05) is 0 Å². The van der Waals surface area contributed by atoms with Crippen LogP contribution in [0.5, 0.6) is 0 Å². The van der Waals surface area contributed by atoms with Gasteiger partial charge in [0.05, 0.1) is 0 Å². The van der Waals surface area contributed by atoms with Crippen LogP contribution in [0.3, 0.4) is 0 Å². The maximum absolute atomic E-state index is 12.3. The zero-order chi connectivity index (χ0) is 7.72. The minimum Gasteiger partial charge on any atom is -0.380 e. The molecule has 2 N–H and O–H groups in total. The molecule has 0 atom stereocenters. The molecule has 10 heavy (non-hydrogen) atoms. The Labute approximate surface area is 63.4 Å². The summed E-state index contributed by atoms with van der Waals surface area (Å²) in [6.07, 6.45) is 0. The first-order valence-electron chi connectivity index (χ1n) is 2.25. The Bertz CT molecular complexity index is 215. The van der Waals surface area contributed by atoms with Crippen molar-refractivity contribution in [2.45, 2.75) is 0 Å². The van der Waals surface area contributed by atoms with Gasteiger partial charge in [0.2, 0.25) is 5.95 Å². The van der Waals surface area contributed by atoms with Crippen LogP contribution in [0.4, 0.5) is 14.6 Å². The lowest BCUT2D eigenvalue weighted by atomic mass is 10.6. The van der Waals surface area contributed by atoms with Gasteiger partial charge in [-0.3, -0.25) is 0 Å². The van der Waals surface area contributed by atoms with Crippen molar-refractivity contribution in [2.75, 3.05) is 5.73 Å². The summed E-state index contributed by atoms with van der Waals surface area (Å²) in [5.41, 5.74) is 4.88. The molecule has 1 aromatic rings. The highest BCUT2D eigenvalue weighted by Crippen LogP contribution is 2.12. The average molecular weight is 210 g/mol. The van der Waals surface area contributed by atoms with Crippen molar-refractivity contribution in [3.05, 3.63) is 16.5 Å². The molecule has 3 nitrogen and oxygen atoms in total. The van der Waals surface area contributed by atoms with Gasteiger partial charge in [0.15, 0.2) is 10.4 Å². The van der Waals surface area contributed by atoms with Gasteiger partial charge >= 0.3 is 0 Å². The highest BCUT2D eigenvalue weighted by Gasteiger charge is 2.07. The molecule has 0 aromatic carbocycles. The lowest BCUT2D eigenvalue weighted by Gasteiger charge is -1.94. The van der Waals surface area contributed by atoms with Gasteiger partial charge in [0, 0.05) is 0 Å². The quantitative estimate of drug-likeness (QED) is 0.697. The summed E-state index contributed by atoms with van der Waals surface area (Å²) < 4.78 is 24.3. The lowest BCUT2D eigenvalue weighted by Crippen LogP contribution is -2.01. The Morgan fingerprint density at radius 3 is 2.30 bits per heavy atom.